The Morgan fingerprint density at radius 2 is 2.13 bits per heavy atom. The lowest BCUT2D eigenvalue weighted by molar-refractivity contribution is -0.133. The molecule has 1 heterocycles. The first-order valence-electron chi connectivity index (χ1n) is 7.13. The summed E-state index contributed by atoms with van der Waals surface area (Å²) in [5.41, 5.74) is 0. The summed E-state index contributed by atoms with van der Waals surface area (Å²) in [6, 6.07) is 2.64. The monoisotopic (exact) mass is 378 g/mol. The standard InChI is InChI=1S/C14H16ClFN2O3S2/c1-17(10-3-4-10)14(19)12-7-22-8-18(12)23(20,21)13-6-9(16)2-5-11(13)15/h2,5-6,10,12H,3-4,7-8H2,1H3/t12-/m0/s1. The second-order valence-electron chi connectivity index (χ2n) is 5.66. The number of hydrogen-bond acceptors (Lipinski definition) is 4. The van der Waals surface area contributed by atoms with Gasteiger partial charge in [0.05, 0.1) is 10.9 Å². The molecule has 0 bridgehead atoms. The molecule has 9 heteroatoms. The average molecular weight is 379 g/mol. The van der Waals surface area contributed by atoms with E-state index in [0.717, 1.165) is 29.3 Å². The van der Waals surface area contributed by atoms with Crippen LogP contribution in [-0.4, -0.2) is 54.3 Å². The van der Waals surface area contributed by atoms with E-state index in [-0.39, 0.29) is 27.7 Å². The van der Waals surface area contributed by atoms with Gasteiger partial charge < -0.3 is 4.90 Å². The van der Waals surface area contributed by atoms with Gasteiger partial charge in [-0.05, 0) is 31.0 Å². The van der Waals surface area contributed by atoms with Gasteiger partial charge in [0.15, 0.2) is 0 Å². The van der Waals surface area contributed by atoms with E-state index in [1.807, 2.05) is 0 Å². The molecular weight excluding hydrogens is 363 g/mol. The Labute approximate surface area is 143 Å². The summed E-state index contributed by atoms with van der Waals surface area (Å²) in [6.07, 6.45) is 1.90. The number of halogens is 2. The highest BCUT2D eigenvalue weighted by Gasteiger charge is 2.44. The average Bonchev–Trinajstić information content (AvgIpc) is 3.24. The van der Waals surface area contributed by atoms with Crippen molar-refractivity contribution in [2.24, 2.45) is 0 Å². The molecule has 1 aromatic carbocycles. The summed E-state index contributed by atoms with van der Waals surface area (Å²) < 4.78 is 40.2. The number of benzene rings is 1. The Hall–Kier alpha value is -0.830. The van der Waals surface area contributed by atoms with Gasteiger partial charge in [-0.15, -0.1) is 11.8 Å². The fourth-order valence-corrected chi connectivity index (χ4v) is 6.16. The molecule has 2 aliphatic rings. The van der Waals surface area contributed by atoms with E-state index in [9.17, 15) is 17.6 Å². The SMILES string of the molecule is CN(C(=O)[C@@H]1CSCN1S(=O)(=O)c1cc(F)ccc1Cl)C1CC1. The number of nitrogens with zero attached hydrogens (tertiary/aromatic N) is 2. The summed E-state index contributed by atoms with van der Waals surface area (Å²) in [6.45, 7) is 0. The summed E-state index contributed by atoms with van der Waals surface area (Å²) in [7, 11) is -2.33. The van der Waals surface area contributed by atoms with Crippen LogP contribution in [0.1, 0.15) is 12.8 Å². The fraction of sp³-hybridized carbons (Fsp3) is 0.500. The molecule has 1 saturated carbocycles. The molecule has 0 aromatic heterocycles. The molecule has 0 radical (unpaired) electrons. The predicted octanol–water partition coefficient (Wildman–Crippen LogP) is 2.16. The molecule has 1 aromatic rings. The molecule has 1 atom stereocenters. The highest BCUT2D eigenvalue weighted by atomic mass is 35.5. The molecule has 0 unspecified atom stereocenters. The molecule has 1 amide bonds. The van der Waals surface area contributed by atoms with Crippen LogP contribution in [0.5, 0.6) is 0 Å². The van der Waals surface area contributed by atoms with E-state index in [4.69, 9.17) is 11.6 Å². The van der Waals surface area contributed by atoms with Crippen LogP contribution < -0.4 is 0 Å². The lowest BCUT2D eigenvalue weighted by Gasteiger charge is -2.27. The molecule has 2 fully saturated rings. The van der Waals surface area contributed by atoms with Crippen molar-refractivity contribution >= 4 is 39.3 Å². The number of sulfonamides is 1. The quantitative estimate of drug-likeness (QED) is 0.805. The predicted molar refractivity (Wildman–Crippen MR) is 87.3 cm³/mol. The molecule has 1 aliphatic heterocycles. The summed E-state index contributed by atoms with van der Waals surface area (Å²) in [5.74, 6) is -0.349. The Balaban J connectivity index is 1.91. The van der Waals surface area contributed by atoms with Gasteiger partial charge >= 0.3 is 0 Å². The molecule has 0 spiro atoms. The molecular formula is C14H16ClFN2O3S2. The van der Waals surface area contributed by atoms with Crippen molar-refractivity contribution in [2.75, 3.05) is 18.7 Å². The lowest BCUT2D eigenvalue weighted by Crippen LogP contribution is -2.48. The number of hydrogen-bond donors (Lipinski definition) is 0. The number of likely N-dealkylation sites (N-methyl/N-ethyl adjacent to an activating group) is 1. The number of carbonyl (C=O) groups is 1. The smallest absolute Gasteiger partial charge is 0.246 e. The summed E-state index contributed by atoms with van der Waals surface area (Å²) >= 11 is 7.30. The first kappa shape index (κ1) is 17.0. The van der Waals surface area contributed by atoms with Crippen LogP contribution in [0, 0.1) is 5.82 Å². The van der Waals surface area contributed by atoms with Crippen LogP contribution in [0.15, 0.2) is 23.1 Å². The molecule has 5 nitrogen and oxygen atoms in total. The van der Waals surface area contributed by atoms with E-state index >= 15 is 0 Å². The normalized spacial score (nSPS) is 22.3. The third-order valence-corrected chi connectivity index (χ3v) is 7.56. The molecule has 3 rings (SSSR count). The van der Waals surface area contributed by atoms with Gasteiger partial charge in [-0.2, -0.15) is 4.31 Å². The second kappa shape index (κ2) is 6.23. The summed E-state index contributed by atoms with van der Waals surface area (Å²) in [4.78, 5) is 13.9. The maximum absolute atomic E-state index is 13.4. The van der Waals surface area contributed by atoms with Crippen LogP contribution >= 0.6 is 23.4 Å². The Bertz CT molecular complexity index is 740. The van der Waals surface area contributed by atoms with Gasteiger partial charge in [-0.25, -0.2) is 12.8 Å². The Kier molecular flexibility index (Phi) is 4.61. The van der Waals surface area contributed by atoms with Crippen molar-refractivity contribution in [1.82, 2.24) is 9.21 Å². The maximum atomic E-state index is 13.4. The van der Waals surface area contributed by atoms with Crippen LogP contribution in [0.2, 0.25) is 5.02 Å². The minimum Gasteiger partial charge on any atom is -0.341 e. The maximum Gasteiger partial charge on any atom is 0.246 e. The zero-order valence-corrected chi connectivity index (χ0v) is 14.8. The number of rotatable bonds is 4. The Morgan fingerprint density at radius 3 is 2.78 bits per heavy atom. The fourth-order valence-electron chi connectivity index (χ4n) is 2.54. The molecule has 0 N–H and O–H groups in total. The third-order valence-electron chi connectivity index (χ3n) is 4.05. The number of amides is 1. The van der Waals surface area contributed by atoms with Crippen molar-refractivity contribution in [3.05, 3.63) is 29.0 Å². The van der Waals surface area contributed by atoms with Crippen molar-refractivity contribution in [3.8, 4) is 0 Å². The highest BCUT2D eigenvalue weighted by Crippen LogP contribution is 2.34. The van der Waals surface area contributed by atoms with Crippen LogP contribution in [0.4, 0.5) is 4.39 Å². The number of carbonyl (C=O) groups excluding carboxylic acids is 1. The van der Waals surface area contributed by atoms with Crippen molar-refractivity contribution in [3.63, 3.8) is 0 Å². The van der Waals surface area contributed by atoms with Crippen LogP contribution in [0.25, 0.3) is 0 Å². The summed E-state index contributed by atoms with van der Waals surface area (Å²) in [5, 5.41) is -0.0509. The van der Waals surface area contributed by atoms with Crippen molar-refractivity contribution < 1.29 is 17.6 Å². The van der Waals surface area contributed by atoms with Gasteiger partial charge in [-0.3, -0.25) is 4.79 Å². The topological polar surface area (TPSA) is 57.7 Å². The first-order chi connectivity index (χ1) is 10.8. The minimum absolute atomic E-state index is 0.0509. The number of thioether (sulfide) groups is 1. The van der Waals surface area contributed by atoms with Gasteiger partial charge in [0, 0.05) is 18.8 Å². The van der Waals surface area contributed by atoms with E-state index in [0.29, 0.717) is 5.75 Å². The highest BCUT2D eigenvalue weighted by molar-refractivity contribution is 8.00. The molecule has 1 saturated heterocycles. The van der Waals surface area contributed by atoms with Gasteiger partial charge in [0.1, 0.15) is 16.8 Å². The first-order valence-corrected chi connectivity index (χ1v) is 10.1. The van der Waals surface area contributed by atoms with Crippen molar-refractivity contribution in [2.45, 2.75) is 29.8 Å². The minimum atomic E-state index is -4.03. The van der Waals surface area contributed by atoms with E-state index in [1.54, 1.807) is 11.9 Å². The largest absolute Gasteiger partial charge is 0.341 e. The molecule has 1 aliphatic carbocycles. The van der Waals surface area contributed by atoms with E-state index < -0.39 is 21.9 Å². The van der Waals surface area contributed by atoms with Crippen LogP contribution in [0.3, 0.4) is 0 Å². The zero-order chi connectivity index (χ0) is 16.8. The van der Waals surface area contributed by atoms with Crippen molar-refractivity contribution in [1.29, 1.82) is 0 Å². The lowest BCUT2D eigenvalue weighted by atomic mass is 10.3. The van der Waals surface area contributed by atoms with E-state index in [1.165, 1.54) is 17.8 Å². The van der Waals surface area contributed by atoms with Gasteiger partial charge in [0.25, 0.3) is 0 Å². The molecule has 126 valence electrons. The van der Waals surface area contributed by atoms with Gasteiger partial charge in [0.2, 0.25) is 15.9 Å². The van der Waals surface area contributed by atoms with Gasteiger partial charge in [-0.1, -0.05) is 11.6 Å². The van der Waals surface area contributed by atoms with Crippen LogP contribution in [-0.2, 0) is 14.8 Å². The zero-order valence-electron chi connectivity index (χ0n) is 12.4. The molecule has 23 heavy (non-hydrogen) atoms. The third kappa shape index (κ3) is 3.22. The van der Waals surface area contributed by atoms with E-state index in [2.05, 4.69) is 0 Å². The second-order valence-corrected chi connectivity index (χ2v) is 8.93. The Morgan fingerprint density at radius 1 is 1.43 bits per heavy atom.